The van der Waals surface area contributed by atoms with Gasteiger partial charge in [0.15, 0.2) is 0 Å². The van der Waals surface area contributed by atoms with Gasteiger partial charge in [0.25, 0.3) is 5.92 Å². The van der Waals surface area contributed by atoms with E-state index in [0.717, 1.165) is 39.1 Å². The summed E-state index contributed by atoms with van der Waals surface area (Å²) in [6.07, 6.45) is 3.27. The summed E-state index contributed by atoms with van der Waals surface area (Å²) >= 11 is 0. The highest BCUT2D eigenvalue weighted by molar-refractivity contribution is 5.76. The van der Waals surface area contributed by atoms with Crippen LogP contribution in [0.1, 0.15) is 59.8 Å². The third-order valence-corrected chi connectivity index (χ3v) is 6.87. The number of hydrogen-bond donors (Lipinski definition) is 0. The van der Waals surface area contributed by atoms with E-state index in [0.29, 0.717) is 44.1 Å². The van der Waals surface area contributed by atoms with Crippen LogP contribution in [0.25, 0.3) is 0 Å². The Bertz CT molecular complexity index is 504. The zero-order valence-electron chi connectivity index (χ0n) is 18.6. The van der Waals surface area contributed by atoms with E-state index in [4.69, 9.17) is 0 Å². The second kappa shape index (κ2) is 9.84. The number of rotatable bonds is 9. The first-order valence-electron chi connectivity index (χ1n) is 11.2. The predicted molar refractivity (Wildman–Crippen MR) is 111 cm³/mol. The van der Waals surface area contributed by atoms with Crippen LogP contribution in [0.4, 0.5) is 8.78 Å². The molecule has 1 atom stereocenters. The highest BCUT2D eigenvalue weighted by Gasteiger charge is 2.53. The molecule has 0 spiro atoms. The third-order valence-electron chi connectivity index (χ3n) is 6.87. The number of hydrogen-bond acceptors (Lipinski definition) is 3. The van der Waals surface area contributed by atoms with E-state index < -0.39 is 11.3 Å². The molecule has 4 nitrogen and oxygen atoms in total. The van der Waals surface area contributed by atoms with Gasteiger partial charge in [0, 0.05) is 38.0 Å². The van der Waals surface area contributed by atoms with Crippen molar-refractivity contribution in [3.63, 3.8) is 0 Å². The Morgan fingerprint density at radius 2 is 1.86 bits per heavy atom. The Balaban J connectivity index is 1.88. The molecule has 2 aliphatic heterocycles. The zero-order chi connectivity index (χ0) is 20.9. The molecule has 164 valence electrons. The van der Waals surface area contributed by atoms with Gasteiger partial charge in [-0.25, -0.2) is 8.78 Å². The van der Waals surface area contributed by atoms with Crippen LogP contribution < -0.4 is 0 Å². The summed E-state index contributed by atoms with van der Waals surface area (Å²) in [5.74, 6) is -1.54. The van der Waals surface area contributed by atoms with Crippen molar-refractivity contribution in [2.45, 2.75) is 65.7 Å². The maximum absolute atomic E-state index is 15.3. The standard InChI is InChI=1S/C22H41F2N3O/c1-6-20(28)27-11-8-19(16-27)15-26-12-9-21(7-2,10-13-26)22(23,24)17-25(5)14-18(3)4/h18-19H,6-17H2,1-5H3/t19-/m0/s1. The quantitative estimate of drug-likeness (QED) is 0.585. The van der Waals surface area contributed by atoms with Crippen molar-refractivity contribution < 1.29 is 13.6 Å². The second-order valence-corrected chi connectivity index (χ2v) is 9.58. The van der Waals surface area contributed by atoms with Crippen LogP contribution in [0.3, 0.4) is 0 Å². The average Bonchev–Trinajstić information content (AvgIpc) is 3.09. The van der Waals surface area contributed by atoms with Crippen molar-refractivity contribution in [1.82, 2.24) is 14.7 Å². The Morgan fingerprint density at radius 1 is 1.21 bits per heavy atom. The number of piperidine rings is 1. The van der Waals surface area contributed by atoms with Crippen LogP contribution in [0.2, 0.25) is 0 Å². The molecule has 1 amide bonds. The lowest BCUT2D eigenvalue weighted by atomic mass is 9.70. The lowest BCUT2D eigenvalue weighted by Crippen LogP contribution is -2.54. The first-order chi connectivity index (χ1) is 13.1. The molecule has 2 aliphatic rings. The Hall–Kier alpha value is -0.750. The number of carbonyl (C=O) groups excluding carboxylic acids is 1. The number of halogens is 2. The minimum atomic E-state index is -2.66. The minimum Gasteiger partial charge on any atom is -0.342 e. The highest BCUT2D eigenvalue weighted by Crippen LogP contribution is 2.48. The average molecular weight is 402 g/mol. The van der Waals surface area contributed by atoms with Gasteiger partial charge in [-0.15, -0.1) is 0 Å². The van der Waals surface area contributed by atoms with E-state index in [1.54, 1.807) is 4.90 Å². The van der Waals surface area contributed by atoms with E-state index in [1.165, 1.54) is 0 Å². The molecule has 0 aliphatic carbocycles. The van der Waals surface area contributed by atoms with E-state index in [2.05, 4.69) is 18.7 Å². The van der Waals surface area contributed by atoms with Crippen LogP contribution in [-0.4, -0.2) is 79.4 Å². The molecule has 0 saturated carbocycles. The largest absolute Gasteiger partial charge is 0.342 e. The molecule has 0 aromatic rings. The number of amides is 1. The van der Waals surface area contributed by atoms with Gasteiger partial charge >= 0.3 is 0 Å². The summed E-state index contributed by atoms with van der Waals surface area (Å²) in [4.78, 5) is 18.0. The summed E-state index contributed by atoms with van der Waals surface area (Å²) in [6, 6.07) is 0. The van der Waals surface area contributed by atoms with Crippen molar-refractivity contribution in [3.05, 3.63) is 0 Å². The zero-order valence-corrected chi connectivity index (χ0v) is 18.6. The van der Waals surface area contributed by atoms with Crippen LogP contribution in [-0.2, 0) is 4.79 Å². The maximum Gasteiger partial charge on any atom is 0.266 e. The van der Waals surface area contributed by atoms with E-state index in [9.17, 15) is 4.79 Å². The van der Waals surface area contributed by atoms with Gasteiger partial charge in [0.05, 0.1) is 6.54 Å². The molecular weight excluding hydrogens is 360 g/mol. The van der Waals surface area contributed by atoms with E-state index in [-0.39, 0.29) is 12.5 Å². The van der Waals surface area contributed by atoms with Gasteiger partial charge in [-0.05, 0) is 57.7 Å². The van der Waals surface area contributed by atoms with Crippen LogP contribution in [0.15, 0.2) is 0 Å². The second-order valence-electron chi connectivity index (χ2n) is 9.58. The fourth-order valence-electron chi connectivity index (χ4n) is 5.13. The van der Waals surface area contributed by atoms with Crippen molar-refractivity contribution in [1.29, 1.82) is 0 Å². The van der Waals surface area contributed by atoms with Crippen molar-refractivity contribution in [2.24, 2.45) is 17.3 Å². The van der Waals surface area contributed by atoms with Gasteiger partial charge in [0.1, 0.15) is 0 Å². The third kappa shape index (κ3) is 5.65. The minimum absolute atomic E-state index is 0.143. The summed E-state index contributed by atoms with van der Waals surface area (Å²) in [7, 11) is 1.82. The molecule has 2 heterocycles. The SMILES string of the molecule is CCC(=O)N1CC[C@@H](CN2CCC(CC)(C(F)(F)CN(C)CC(C)C)CC2)C1. The van der Waals surface area contributed by atoms with E-state index in [1.807, 2.05) is 25.8 Å². The predicted octanol–water partition coefficient (Wildman–Crippen LogP) is 3.96. The van der Waals surface area contributed by atoms with Gasteiger partial charge in [-0.3, -0.25) is 4.79 Å². The fourth-order valence-corrected chi connectivity index (χ4v) is 5.13. The fraction of sp³-hybridized carbons (Fsp3) is 0.955. The molecule has 28 heavy (non-hydrogen) atoms. The number of alkyl halides is 2. The number of likely N-dealkylation sites (tertiary alicyclic amines) is 2. The lowest BCUT2D eigenvalue weighted by Gasteiger charge is -2.47. The molecule has 2 fully saturated rings. The molecule has 0 aromatic carbocycles. The number of carbonyl (C=O) groups is 1. The Labute approximate surface area is 170 Å². The summed E-state index contributed by atoms with van der Waals surface area (Å²) in [6.45, 7) is 12.6. The Morgan fingerprint density at radius 3 is 2.39 bits per heavy atom. The van der Waals surface area contributed by atoms with Gasteiger partial charge in [-0.2, -0.15) is 0 Å². The van der Waals surface area contributed by atoms with E-state index >= 15 is 8.78 Å². The summed E-state index contributed by atoms with van der Waals surface area (Å²) in [5.41, 5.74) is -0.880. The number of nitrogens with zero attached hydrogens (tertiary/aromatic N) is 3. The Kier molecular flexibility index (Phi) is 8.26. The molecule has 0 N–H and O–H groups in total. The normalized spacial score (nSPS) is 23.8. The monoisotopic (exact) mass is 401 g/mol. The summed E-state index contributed by atoms with van der Waals surface area (Å²) < 4.78 is 30.5. The van der Waals surface area contributed by atoms with Crippen LogP contribution >= 0.6 is 0 Å². The molecule has 0 unspecified atom stereocenters. The van der Waals surface area contributed by atoms with Crippen molar-refractivity contribution in [2.75, 3.05) is 52.9 Å². The van der Waals surface area contributed by atoms with Gasteiger partial charge < -0.3 is 14.7 Å². The topological polar surface area (TPSA) is 26.8 Å². The molecule has 0 bridgehead atoms. The molecule has 2 saturated heterocycles. The van der Waals surface area contributed by atoms with Gasteiger partial charge in [0.2, 0.25) is 5.91 Å². The smallest absolute Gasteiger partial charge is 0.266 e. The molecule has 6 heteroatoms. The van der Waals surface area contributed by atoms with Crippen LogP contribution in [0, 0.1) is 17.3 Å². The summed E-state index contributed by atoms with van der Waals surface area (Å²) in [5, 5.41) is 0. The maximum atomic E-state index is 15.3. The van der Waals surface area contributed by atoms with Crippen molar-refractivity contribution in [3.8, 4) is 0 Å². The van der Waals surface area contributed by atoms with Crippen LogP contribution in [0.5, 0.6) is 0 Å². The van der Waals surface area contributed by atoms with Crippen molar-refractivity contribution >= 4 is 5.91 Å². The van der Waals surface area contributed by atoms with Gasteiger partial charge in [-0.1, -0.05) is 27.7 Å². The lowest BCUT2D eigenvalue weighted by molar-refractivity contribution is -0.160. The first-order valence-corrected chi connectivity index (χ1v) is 11.2. The molecule has 0 aromatic heterocycles. The molecule has 2 rings (SSSR count). The first kappa shape index (κ1) is 23.5. The highest BCUT2D eigenvalue weighted by atomic mass is 19.3. The molecule has 0 radical (unpaired) electrons. The molecular formula is C22H41F2N3O.